The van der Waals surface area contributed by atoms with Gasteiger partial charge in [-0.1, -0.05) is 32.9 Å². The molecule has 1 N–H and O–H groups in total. The van der Waals surface area contributed by atoms with Crippen LogP contribution in [0.15, 0.2) is 48.7 Å². The molecule has 4 rings (SSSR count). The summed E-state index contributed by atoms with van der Waals surface area (Å²) in [5.41, 5.74) is 4.64. The highest BCUT2D eigenvalue weighted by molar-refractivity contribution is 7.89. The highest BCUT2D eigenvalue weighted by Crippen LogP contribution is 2.33. The molecule has 3 aromatic rings. The Kier molecular flexibility index (Phi) is 7.85. The molecule has 0 amide bonds. The number of benzene rings is 2. The van der Waals surface area contributed by atoms with E-state index < -0.39 is 9.84 Å². The fourth-order valence-corrected chi connectivity index (χ4v) is 5.74. The number of nitrogens with one attached hydrogen (secondary N) is 1. The summed E-state index contributed by atoms with van der Waals surface area (Å²) < 4.78 is 29.8. The van der Waals surface area contributed by atoms with Crippen molar-refractivity contribution in [3.63, 3.8) is 0 Å². The van der Waals surface area contributed by atoms with Gasteiger partial charge in [0.15, 0.2) is 9.84 Å². The van der Waals surface area contributed by atoms with E-state index in [0.717, 1.165) is 35.8 Å². The Morgan fingerprint density at radius 3 is 2.36 bits per heavy atom. The Morgan fingerprint density at radius 1 is 1.08 bits per heavy atom. The molecule has 1 aliphatic heterocycles. The Labute approximate surface area is 233 Å². The molecule has 0 atom stereocenters. The first-order valence-corrected chi connectivity index (χ1v) is 15.3. The average molecular weight is 552 g/mol. The van der Waals surface area contributed by atoms with Crippen molar-refractivity contribution in [1.82, 2.24) is 9.97 Å². The molecule has 1 fully saturated rings. The lowest BCUT2D eigenvalue weighted by Crippen LogP contribution is -2.60. The van der Waals surface area contributed by atoms with Crippen molar-refractivity contribution in [3.05, 3.63) is 65.4 Å². The predicted molar refractivity (Wildman–Crippen MR) is 160 cm³/mol. The van der Waals surface area contributed by atoms with Crippen molar-refractivity contribution in [2.75, 3.05) is 48.1 Å². The van der Waals surface area contributed by atoms with Crippen LogP contribution in [0, 0.1) is 6.92 Å². The Morgan fingerprint density at radius 2 is 1.77 bits per heavy atom. The summed E-state index contributed by atoms with van der Waals surface area (Å²) in [4.78, 5) is 14.1. The van der Waals surface area contributed by atoms with E-state index in [1.165, 1.54) is 11.8 Å². The number of methoxy groups -OCH3 is 1. The molecular weight excluding hydrogens is 510 g/mol. The quantitative estimate of drug-likeness (QED) is 0.413. The van der Waals surface area contributed by atoms with Crippen molar-refractivity contribution in [2.45, 2.75) is 58.2 Å². The van der Waals surface area contributed by atoms with E-state index in [1.54, 1.807) is 13.3 Å². The van der Waals surface area contributed by atoms with Crippen LogP contribution in [0.3, 0.4) is 0 Å². The van der Waals surface area contributed by atoms with Crippen LogP contribution in [0.4, 0.5) is 23.1 Å². The maximum atomic E-state index is 12.2. The van der Waals surface area contributed by atoms with Crippen LogP contribution in [0.25, 0.3) is 0 Å². The molecule has 0 unspecified atom stereocenters. The maximum Gasteiger partial charge on any atom is 0.227 e. The Balaban J connectivity index is 1.65. The minimum atomic E-state index is -3.28. The smallest absolute Gasteiger partial charge is 0.227 e. The van der Waals surface area contributed by atoms with Gasteiger partial charge < -0.3 is 19.9 Å². The summed E-state index contributed by atoms with van der Waals surface area (Å²) in [5, 5.41) is 3.46. The van der Waals surface area contributed by atoms with Crippen LogP contribution in [0.5, 0.6) is 5.75 Å². The van der Waals surface area contributed by atoms with E-state index in [4.69, 9.17) is 9.72 Å². The van der Waals surface area contributed by atoms with Crippen molar-refractivity contribution in [3.8, 4) is 5.75 Å². The average Bonchev–Trinajstić information content (AvgIpc) is 2.84. The van der Waals surface area contributed by atoms with Gasteiger partial charge in [0.2, 0.25) is 5.95 Å². The fourth-order valence-electron chi connectivity index (χ4n) is 4.96. The predicted octanol–water partition coefficient (Wildman–Crippen LogP) is 5.48. The largest absolute Gasteiger partial charge is 0.497 e. The maximum absolute atomic E-state index is 12.2. The summed E-state index contributed by atoms with van der Waals surface area (Å²) in [7, 11) is -1.61. The molecule has 9 heteroatoms. The molecule has 39 heavy (non-hydrogen) atoms. The number of rotatable bonds is 7. The van der Waals surface area contributed by atoms with Gasteiger partial charge in [0.25, 0.3) is 0 Å². The normalized spacial score (nSPS) is 15.8. The second kappa shape index (κ2) is 10.7. The van der Waals surface area contributed by atoms with Gasteiger partial charge in [-0.05, 0) is 67.6 Å². The van der Waals surface area contributed by atoms with E-state index in [-0.39, 0.29) is 16.7 Å². The first kappa shape index (κ1) is 28.7. The van der Waals surface area contributed by atoms with E-state index >= 15 is 0 Å². The van der Waals surface area contributed by atoms with Gasteiger partial charge in [0, 0.05) is 49.0 Å². The lowest BCUT2D eigenvalue weighted by Gasteiger charge is -2.48. The van der Waals surface area contributed by atoms with E-state index in [0.29, 0.717) is 23.9 Å². The number of hydrogen-bond donors (Lipinski definition) is 1. The van der Waals surface area contributed by atoms with Crippen LogP contribution in [-0.2, 0) is 21.0 Å². The number of anilines is 4. The first-order chi connectivity index (χ1) is 18.2. The molecule has 8 nitrogen and oxygen atoms in total. The molecule has 1 aromatic heterocycles. The molecule has 0 spiro atoms. The third kappa shape index (κ3) is 6.82. The zero-order chi connectivity index (χ0) is 28.6. The number of aryl methyl sites for hydroxylation is 1. The van der Waals surface area contributed by atoms with Gasteiger partial charge in [-0.25, -0.2) is 13.4 Å². The van der Waals surface area contributed by atoms with Crippen LogP contribution >= 0.6 is 0 Å². The Bertz CT molecular complexity index is 1430. The molecule has 1 aliphatic rings. The van der Waals surface area contributed by atoms with Gasteiger partial charge in [0.05, 0.1) is 18.4 Å². The standard InChI is InChI=1S/C30H41N5O3S/c1-21-9-10-23(29(2,3)4)17-26(21)32-27-22(19-39(8,36)37)18-31-28(33-27)34-15-16-35(30(5,6)20-34)24-11-13-25(38-7)14-12-24/h9-14,17-18H,15-16,19-20H2,1-8H3,(H,31,32,33). The van der Waals surface area contributed by atoms with Crippen molar-refractivity contribution >= 4 is 33.0 Å². The number of hydrogen-bond acceptors (Lipinski definition) is 8. The molecule has 2 aromatic carbocycles. The highest BCUT2D eigenvalue weighted by atomic mass is 32.2. The molecule has 210 valence electrons. The zero-order valence-electron chi connectivity index (χ0n) is 24.4. The number of nitrogens with zero attached hydrogens (tertiary/aromatic N) is 4. The van der Waals surface area contributed by atoms with Crippen LogP contribution in [0.2, 0.25) is 0 Å². The fraction of sp³-hybridized carbons (Fsp3) is 0.467. The SMILES string of the molecule is COc1ccc(N2CCN(c3ncc(CS(C)(=O)=O)c(Nc4cc(C(C)(C)C)ccc4C)n3)CC2(C)C)cc1. The van der Waals surface area contributed by atoms with Gasteiger partial charge >= 0.3 is 0 Å². The number of piperazine rings is 1. The summed E-state index contributed by atoms with van der Waals surface area (Å²) in [6.07, 6.45) is 2.88. The lowest BCUT2D eigenvalue weighted by molar-refractivity contribution is 0.408. The van der Waals surface area contributed by atoms with Gasteiger partial charge in [0.1, 0.15) is 11.6 Å². The highest BCUT2D eigenvalue weighted by Gasteiger charge is 2.35. The third-order valence-electron chi connectivity index (χ3n) is 7.20. The van der Waals surface area contributed by atoms with Gasteiger partial charge in [-0.2, -0.15) is 4.98 Å². The van der Waals surface area contributed by atoms with Crippen molar-refractivity contribution in [2.24, 2.45) is 0 Å². The summed E-state index contributed by atoms with van der Waals surface area (Å²) >= 11 is 0. The molecule has 0 aliphatic carbocycles. The summed E-state index contributed by atoms with van der Waals surface area (Å²) in [6.45, 7) is 15.2. The van der Waals surface area contributed by atoms with Gasteiger partial charge in [-0.15, -0.1) is 0 Å². The van der Waals surface area contributed by atoms with Gasteiger partial charge in [-0.3, -0.25) is 0 Å². The van der Waals surface area contributed by atoms with E-state index in [9.17, 15) is 8.42 Å². The minimum Gasteiger partial charge on any atom is -0.497 e. The van der Waals surface area contributed by atoms with Crippen LogP contribution < -0.4 is 19.9 Å². The number of aromatic nitrogens is 2. The van der Waals surface area contributed by atoms with E-state index in [1.807, 2.05) is 19.1 Å². The molecule has 0 saturated carbocycles. The van der Waals surface area contributed by atoms with E-state index in [2.05, 4.69) is 85.1 Å². The first-order valence-electron chi connectivity index (χ1n) is 13.2. The number of sulfone groups is 1. The lowest BCUT2D eigenvalue weighted by atomic mass is 9.86. The molecule has 0 bridgehead atoms. The van der Waals surface area contributed by atoms with Crippen LogP contribution in [0.1, 0.15) is 51.3 Å². The molecule has 0 radical (unpaired) electrons. The molecule has 2 heterocycles. The van der Waals surface area contributed by atoms with Crippen LogP contribution in [-0.4, -0.2) is 56.9 Å². The molecular formula is C30H41N5O3S. The van der Waals surface area contributed by atoms with Crippen molar-refractivity contribution < 1.29 is 13.2 Å². The second-order valence-electron chi connectivity index (χ2n) is 12.1. The Hall–Kier alpha value is -3.33. The zero-order valence-corrected chi connectivity index (χ0v) is 25.2. The summed E-state index contributed by atoms with van der Waals surface area (Å²) in [6, 6.07) is 14.5. The topological polar surface area (TPSA) is 87.7 Å². The molecule has 1 saturated heterocycles. The van der Waals surface area contributed by atoms with Crippen molar-refractivity contribution in [1.29, 1.82) is 0 Å². The third-order valence-corrected chi connectivity index (χ3v) is 8.03. The minimum absolute atomic E-state index is 0.0221. The summed E-state index contributed by atoms with van der Waals surface area (Å²) in [5.74, 6) is 1.81. The monoisotopic (exact) mass is 551 g/mol. The second-order valence-corrected chi connectivity index (χ2v) is 14.2. The number of ether oxygens (including phenoxy) is 1.